The molecule has 0 N–H and O–H groups in total. The first-order chi connectivity index (χ1) is 15.2. The summed E-state index contributed by atoms with van der Waals surface area (Å²) in [4.78, 5) is 11.8. The topological polar surface area (TPSA) is 26.3 Å². The second kappa shape index (κ2) is 25.7. The van der Waals surface area contributed by atoms with Gasteiger partial charge < -0.3 is 4.74 Å². The van der Waals surface area contributed by atoms with Crippen LogP contribution in [0.4, 0.5) is 0 Å². The molecule has 0 saturated carbocycles. The third kappa shape index (κ3) is 25.6. The van der Waals surface area contributed by atoms with E-state index in [9.17, 15) is 4.79 Å². The van der Waals surface area contributed by atoms with Crippen molar-refractivity contribution in [3.8, 4) is 0 Å². The number of carbonyl (C=O) groups is 1. The van der Waals surface area contributed by atoms with Crippen molar-refractivity contribution >= 4 is 5.97 Å². The fourth-order valence-corrected chi connectivity index (χ4v) is 4.23. The molecule has 0 radical (unpaired) electrons. The Bertz CT molecular complexity index is 353. The van der Waals surface area contributed by atoms with E-state index in [1.165, 1.54) is 128 Å². The minimum atomic E-state index is 0.0205. The summed E-state index contributed by atoms with van der Waals surface area (Å²) >= 11 is 0. The molecule has 31 heavy (non-hydrogen) atoms. The van der Waals surface area contributed by atoms with E-state index in [1.807, 2.05) is 0 Å². The van der Waals surface area contributed by atoms with Crippen molar-refractivity contribution in [2.24, 2.45) is 5.92 Å². The average molecular weight is 439 g/mol. The van der Waals surface area contributed by atoms with Crippen molar-refractivity contribution in [1.29, 1.82) is 0 Å². The summed E-state index contributed by atoms with van der Waals surface area (Å²) in [6.45, 7) is 7.57. The van der Waals surface area contributed by atoms with Gasteiger partial charge in [-0.3, -0.25) is 4.79 Å². The molecule has 0 saturated heterocycles. The van der Waals surface area contributed by atoms with Gasteiger partial charge in [-0.25, -0.2) is 0 Å². The Labute approximate surface area is 196 Å². The highest BCUT2D eigenvalue weighted by Gasteiger charge is 2.03. The van der Waals surface area contributed by atoms with Crippen LogP contribution in [0.25, 0.3) is 0 Å². The number of ether oxygens (including phenoxy) is 1. The van der Waals surface area contributed by atoms with Crippen LogP contribution in [-0.2, 0) is 9.53 Å². The zero-order valence-corrected chi connectivity index (χ0v) is 21.9. The van der Waals surface area contributed by atoms with Crippen LogP contribution in [0.1, 0.15) is 168 Å². The molecule has 0 fully saturated rings. The monoisotopic (exact) mass is 438 g/mol. The average Bonchev–Trinajstić information content (AvgIpc) is 2.77. The molecule has 186 valence electrons. The lowest BCUT2D eigenvalue weighted by molar-refractivity contribution is -0.143. The van der Waals surface area contributed by atoms with Crippen LogP contribution in [-0.4, -0.2) is 12.6 Å². The van der Waals surface area contributed by atoms with E-state index in [1.54, 1.807) is 0 Å². The second-order valence-electron chi connectivity index (χ2n) is 9.99. The lowest BCUT2D eigenvalue weighted by Gasteiger charge is -2.07. The Balaban J connectivity index is 3.15. The summed E-state index contributed by atoms with van der Waals surface area (Å²) in [6, 6.07) is 0. The SMILES string of the molecule is CCCCCCCCCCCC(=O)OCCCCCCCCCCCCCC(C)CC. The molecular weight excluding hydrogens is 380 g/mol. The van der Waals surface area contributed by atoms with Gasteiger partial charge in [0.05, 0.1) is 6.61 Å². The predicted octanol–water partition coefficient (Wildman–Crippen LogP) is 10.2. The van der Waals surface area contributed by atoms with Crippen molar-refractivity contribution in [2.45, 2.75) is 168 Å². The van der Waals surface area contributed by atoms with Crippen LogP contribution in [0.3, 0.4) is 0 Å². The minimum absolute atomic E-state index is 0.0205. The highest BCUT2D eigenvalue weighted by atomic mass is 16.5. The maximum absolute atomic E-state index is 11.8. The predicted molar refractivity (Wildman–Crippen MR) is 138 cm³/mol. The van der Waals surface area contributed by atoms with Crippen LogP contribution in [0, 0.1) is 5.92 Å². The quantitative estimate of drug-likeness (QED) is 0.105. The standard InChI is InChI=1S/C29H58O2/c1-4-6-7-8-9-13-17-20-23-26-29(30)31-27-24-21-18-15-12-10-11-14-16-19-22-25-28(3)5-2/h28H,4-27H2,1-3H3. The Morgan fingerprint density at radius 2 is 1.00 bits per heavy atom. The normalized spacial score (nSPS) is 12.2. The molecule has 1 atom stereocenters. The Morgan fingerprint density at radius 3 is 1.48 bits per heavy atom. The summed E-state index contributed by atoms with van der Waals surface area (Å²) in [7, 11) is 0. The van der Waals surface area contributed by atoms with Crippen LogP contribution in [0.2, 0.25) is 0 Å². The van der Waals surface area contributed by atoms with Gasteiger partial charge in [-0.15, -0.1) is 0 Å². The lowest BCUT2D eigenvalue weighted by atomic mass is 9.99. The third-order valence-corrected chi connectivity index (χ3v) is 6.79. The summed E-state index contributed by atoms with van der Waals surface area (Å²) in [5.41, 5.74) is 0. The van der Waals surface area contributed by atoms with Crippen molar-refractivity contribution < 1.29 is 9.53 Å². The zero-order valence-electron chi connectivity index (χ0n) is 21.9. The molecule has 2 heteroatoms. The summed E-state index contributed by atoms with van der Waals surface area (Å²) in [6.07, 6.45) is 29.8. The van der Waals surface area contributed by atoms with Gasteiger partial charge in [-0.05, 0) is 18.8 Å². The van der Waals surface area contributed by atoms with Crippen molar-refractivity contribution in [3.05, 3.63) is 0 Å². The molecule has 0 aliphatic heterocycles. The minimum Gasteiger partial charge on any atom is -0.466 e. The van der Waals surface area contributed by atoms with Crippen LogP contribution < -0.4 is 0 Å². The summed E-state index contributed by atoms with van der Waals surface area (Å²) < 4.78 is 5.39. The Kier molecular flexibility index (Phi) is 25.3. The molecule has 0 spiro atoms. The Morgan fingerprint density at radius 1 is 0.581 bits per heavy atom. The number of hydrogen-bond donors (Lipinski definition) is 0. The molecule has 2 nitrogen and oxygen atoms in total. The molecule has 0 aromatic rings. The molecule has 0 amide bonds. The van der Waals surface area contributed by atoms with E-state index in [-0.39, 0.29) is 5.97 Å². The number of carbonyl (C=O) groups excluding carboxylic acids is 1. The van der Waals surface area contributed by atoms with Gasteiger partial charge in [-0.1, -0.05) is 149 Å². The molecule has 0 aliphatic rings. The zero-order chi connectivity index (χ0) is 22.8. The molecule has 0 aromatic heterocycles. The van der Waals surface area contributed by atoms with Gasteiger partial charge in [0.15, 0.2) is 0 Å². The molecule has 0 heterocycles. The number of unbranched alkanes of at least 4 members (excludes halogenated alkanes) is 18. The molecular formula is C29H58O2. The third-order valence-electron chi connectivity index (χ3n) is 6.79. The van der Waals surface area contributed by atoms with E-state index < -0.39 is 0 Å². The number of esters is 1. The molecule has 0 aliphatic carbocycles. The van der Waals surface area contributed by atoms with Gasteiger partial charge in [0, 0.05) is 6.42 Å². The fourth-order valence-electron chi connectivity index (χ4n) is 4.23. The molecule has 1 unspecified atom stereocenters. The lowest BCUT2D eigenvalue weighted by Crippen LogP contribution is -2.05. The molecule has 0 rings (SSSR count). The highest BCUT2D eigenvalue weighted by Crippen LogP contribution is 2.15. The van der Waals surface area contributed by atoms with Crippen LogP contribution in [0.15, 0.2) is 0 Å². The maximum Gasteiger partial charge on any atom is 0.305 e. The summed E-state index contributed by atoms with van der Waals surface area (Å²) in [5.74, 6) is 0.940. The molecule has 0 bridgehead atoms. The Hall–Kier alpha value is -0.530. The maximum atomic E-state index is 11.8. The van der Waals surface area contributed by atoms with E-state index in [0.29, 0.717) is 13.0 Å². The first-order valence-electron chi connectivity index (χ1n) is 14.4. The number of hydrogen-bond acceptors (Lipinski definition) is 2. The smallest absolute Gasteiger partial charge is 0.305 e. The fraction of sp³-hybridized carbons (Fsp3) is 0.966. The van der Waals surface area contributed by atoms with Crippen LogP contribution in [0.5, 0.6) is 0 Å². The van der Waals surface area contributed by atoms with Gasteiger partial charge in [-0.2, -0.15) is 0 Å². The van der Waals surface area contributed by atoms with E-state index in [4.69, 9.17) is 4.74 Å². The van der Waals surface area contributed by atoms with Gasteiger partial charge in [0.25, 0.3) is 0 Å². The van der Waals surface area contributed by atoms with Gasteiger partial charge >= 0.3 is 5.97 Å². The summed E-state index contributed by atoms with van der Waals surface area (Å²) in [5, 5.41) is 0. The van der Waals surface area contributed by atoms with Crippen molar-refractivity contribution in [3.63, 3.8) is 0 Å². The first kappa shape index (κ1) is 30.5. The van der Waals surface area contributed by atoms with Gasteiger partial charge in [0.1, 0.15) is 0 Å². The van der Waals surface area contributed by atoms with Gasteiger partial charge in [0.2, 0.25) is 0 Å². The largest absolute Gasteiger partial charge is 0.466 e. The van der Waals surface area contributed by atoms with E-state index in [0.717, 1.165) is 18.8 Å². The highest BCUT2D eigenvalue weighted by molar-refractivity contribution is 5.69. The number of rotatable bonds is 25. The second-order valence-corrected chi connectivity index (χ2v) is 9.99. The van der Waals surface area contributed by atoms with Crippen LogP contribution >= 0.6 is 0 Å². The van der Waals surface area contributed by atoms with Crippen molar-refractivity contribution in [1.82, 2.24) is 0 Å². The van der Waals surface area contributed by atoms with Crippen molar-refractivity contribution in [2.75, 3.05) is 6.61 Å². The van der Waals surface area contributed by atoms with E-state index in [2.05, 4.69) is 20.8 Å². The first-order valence-corrected chi connectivity index (χ1v) is 14.4. The van der Waals surface area contributed by atoms with E-state index >= 15 is 0 Å². The molecule has 0 aromatic carbocycles.